The van der Waals surface area contributed by atoms with Crippen LogP contribution in [0.25, 0.3) is 16.8 Å². The number of nitrogens with zero attached hydrogens (tertiary/aromatic N) is 7. The quantitative estimate of drug-likeness (QED) is 0.428. The molecule has 11 nitrogen and oxygen atoms in total. The lowest BCUT2D eigenvalue weighted by Gasteiger charge is -2.38. The standard InChI is InChI=1S/C22H23N9O2/c23-19-7-18(28-21-17(9-27-31(19)21)12-1-2-14(10-32)24-8-12)13-5-15-3-4-16(6-13)30(15)22(33)20-25-11-26-29-20/h1-2,7-9,11,13,15-16,32H,3-6,10,23H2,(H,25,26,29)/t13?,15-,16+. The van der Waals surface area contributed by atoms with Crippen LogP contribution in [0.3, 0.4) is 0 Å². The van der Waals surface area contributed by atoms with Crippen molar-refractivity contribution in [3.63, 3.8) is 0 Å². The summed E-state index contributed by atoms with van der Waals surface area (Å²) in [5, 5.41) is 20.2. The number of piperidine rings is 1. The maximum absolute atomic E-state index is 12.9. The summed E-state index contributed by atoms with van der Waals surface area (Å²) in [5.74, 6) is 0.928. The minimum Gasteiger partial charge on any atom is -0.390 e. The first kappa shape index (κ1) is 19.8. The van der Waals surface area contributed by atoms with Crippen molar-refractivity contribution in [3.8, 4) is 11.1 Å². The highest BCUT2D eigenvalue weighted by Crippen LogP contribution is 2.43. The van der Waals surface area contributed by atoms with Crippen LogP contribution < -0.4 is 5.73 Å². The van der Waals surface area contributed by atoms with Crippen molar-refractivity contribution >= 4 is 17.4 Å². The second-order valence-electron chi connectivity index (χ2n) is 8.70. The maximum atomic E-state index is 12.9. The molecule has 2 aliphatic heterocycles. The van der Waals surface area contributed by atoms with Crippen molar-refractivity contribution in [3.05, 3.63) is 54.1 Å². The van der Waals surface area contributed by atoms with Crippen molar-refractivity contribution < 1.29 is 9.90 Å². The molecular weight excluding hydrogens is 422 g/mol. The third-order valence-corrected chi connectivity index (χ3v) is 6.82. The number of nitrogens with two attached hydrogens (primary N) is 1. The van der Waals surface area contributed by atoms with Crippen LogP contribution in [0.5, 0.6) is 0 Å². The first-order valence-electron chi connectivity index (χ1n) is 11.0. The molecule has 33 heavy (non-hydrogen) atoms. The molecule has 2 saturated heterocycles. The number of carbonyl (C=O) groups is 1. The number of amides is 1. The topological polar surface area (TPSA) is 151 Å². The van der Waals surface area contributed by atoms with Gasteiger partial charge in [-0.2, -0.15) is 14.7 Å². The number of aliphatic hydroxyl groups excluding tert-OH is 1. The van der Waals surface area contributed by atoms with Gasteiger partial charge in [0, 0.05) is 47.1 Å². The number of carbonyl (C=O) groups excluding carboxylic acids is 1. The monoisotopic (exact) mass is 445 g/mol. The molecule has 4 aromatic rings. The number of rotatable bonds is 4. The number of aromatic amines is 1. The van der Waals surface area contributed by atoms with Gasteiger partial charge in [0.25, 0.3) is 5.91 Å². The molecule has 3 atom stereocenters. The lowest BCUT2D eigenvalue weighted by atomic mass is 9.87. The Kier molecular flexibility index (Phi) is 4.57. The van der Waals surface area contributed by atoms with Gasteiger partial charge in [0.2, 0.25) is 5.82 Å². The summed E-state index contributed by atoms with van der Waals surface area (Å²) >= 11 is 0. The van der Waals surface area contributed by atoms with E-state index in [4.69, 9.17) is 10.7 Å². The van der Waals surface area contributed by atoms with Crippen LogP contribution in [0.2, 0.25) is 0 Å². The molecule has 4 N–H and O–H groups in total. The van der Waals surface area contributed by atoms with E-state index < -0.39 is 0 Å². The van der Waals surface area contributed by atoms with E-state index in [1.165, 1.54) is 6.33 Å². The van der Waals surface area contributed by atoms with Crippen LogP contribution in [0.15, 0.2) is 36.9 Å². The summed E-state index contributed by atoms with van der Waals surface area (Å²) in [5.41, 5.74) is 10.2. The average Bonchev–Trinajstić information content (AvgIpc) is 3.57. The summed E-state index contributed by atoms with van der Waals surface area (Å²) in [6, 6.07) is 5.86. The number of anilines is 1. The molecule has 0 aliphatic carbocycles. The Labute approximate surface area is 188 Å². The molecule has 6 heterocycles. The fourth-order valence-electron chi connectivity index (χ4n) is 5.28. The zero-order valence-electron chi connectivity index (χ0n) is 17.8. The van der Waals surface area contributed by atoms with E-state index in [1.807, 2.05) is 17.0 Å². The van der Waals surface area contributed by atoms with Gasteiger partial charge in [0.1, 0.15) is 12.1 Å². The number of hydrogen-bond acceptors (Lipinski definition) is 8. The van der Waals surface area contributed by atoms with Crippen LogP contribution >= 0.6 is 0 Å². The molecule has 2 aliphatic rings. The van der Waals surface area contributed by atoms with Crippen LogP contribution in [0.1, 0.15) is 53.6 Å². The second kappa shape index (κ2) is 7.62. The number of hydrogen-bond donors (Lipinski definition) is 3. The third-order valence-electron chi connectivity index (χ3n) is 6.82. The smallest absolute Gasteiger partial charge is 0.291 e. The first-order chi connectivity index (χ1) is 16.1. The molecule has 2 bridgehead atoms. The van der Waals surface area contributed by atoms with Crippen LogP contribution in [0.4, 0.5) is 5.82 Å². The van der Waals surface area contributed by atoms with Gasteiger partial charge in [0.15, 0.2) is 5.65 Å². The Morgan fingerprint density at radius 2 is 2.00 bits per heavy atom. The lowest BCUT2D eigenvalue weighted by Crippen LogP contribution is -2.46. The van der Waals surface area contributed by atoms with E-state index >= 15 is 0 Å². The van der Waals surface area contributed by atoms with E-state index in [-0.39, 0.29) is 30.5 Å². The lowest BCUT2D eigenvalue weighted by molar-refractivity contribution is 0.0557. The van der Waals surface area contributed by atoms with Crippen molar-refractivity contribution in [1.29, 1.82) is 0 Å². The molecule has 0 aromatic carbocycles. The molecule has 1 unspecified atom stereocenters. The normalized spacial score (nSPS) is 22.2. The molecule has 0 radical (unpaired) electrons. The van der Waals surface area contributed by atoms with Gasteiger partial charge < -0.3 is 15.7 Å². The van der Waals surface area contributed by atoms with Crippen molar-refractivity contribution in [2.45, 2.75) is 50.3 Å². The Hall–Kier alpha value is -3.86. The summed E-state index contributed by atoms with van der Waals surface area (Å²) in [4.78, 5) is 28.2. The zero-order valence-corrected chi connectivity index (χ0v) is 17.8. The van der Waals surface area contributed by atoms with Crippen molar-refractivity contribution in [2.24, 2.45) is 0 Å². The number of nitrogen functional groups attached to an aromatic ring is 1. The third kappa shape index (κ3) is 3.23. The van der Waals surface area contributed by atoms with Gasteiger partial charge in [0.05, 0.1) is 18.5 Å². The van der Waals surface area contributed by atoms with Crippen LogP contribution in [0, 0.1) is 0 Å². The van der Waals surface area contributed by atoms with Gasteiger partial charge in [-0.3, -0.25) is 14.9 Å². The number of pyridine rings is 1. The average molecular weight is 445 g/mol. The fourth-order valence-corrected chi connectivity index (χ4v) is 5.28. The molecule has 0 saturated carbocycles. The highest BCUT2D eigenvalue weighted by Gasteiger charge is 2.45. The SMILES string of the molecule is Nc1cc(C2C[C@H]3CC[C@@H](C2)N3C(=O)c2ncn[nH]2)nc2c(-c3ccc(CO)nc3)cnn12. The molecule has 1 amide bonds. The van der Waals surface area contributed by atoms with Crippen molar-refractivity contribution in [2.75, 3.05) is 5.73 Å². The van der Waals surface area contributed by atoms with Crippen LogP contribution in [-0.4, -0.2) is 62.8 Å². The summed E-state index contributed by atoms with van der Waals surface area (Å²) in [7, 11) is 0. The number of aliphatic hydroxyl groups is 1. The second-order valence-corrected chi connectivity index (χ2v) is 8.70. The van der Waals surface area contributed by atoms with Gasteiger partial charge in [-0.05, 0) is 31.7 Å². The van der Waals surface area contributed by atoms with Gasteiger partial charge in [-0.1, -0.05) is 6.07 Å². The minimum absolute atomic E-state index is 0.0849. The molecule has 4 aromatic heterocycles. The van der Waals surface area contributed by atoms with E-state index in [0.717, 1.165) is 42.5 Å². The van der Waals surface area contributed by atoms with Gasteiger partial charge in [-0.15, -0.1) is 0 Å². The zero-order chi connectivity index (χ0) is 22.5. The number of aromatic nitrogens is 7. The Balaban J connectivity index is 1.32. The minimum atomic E-state index is -0.107. The predicted molar refractivity (Wildman–Crippen MR) is 118 cm³/mol. The van der Waals surface area contributed by atoms with Crippen molar-refractivity contribution in [1.82, 2.24) is 39.7 Å². The van der Waals surface area contributed by atoms with Crippen LogP contribution in [-0.2, 0) is 6.61 Å². The largest absolute Gasteiger partial charge is 0.390 e. The first-order valence-corrected chi connectivity index (χ1v) is 11.0. The van der Waals surface area contributed by atoms with E-state index in [0.29, 0.717) is 23.0 Å². The van der Waals surface area contributed by atoms with Gasteiger partial charge in [-0.25, -0.2) is 9.97 Å². The number of H-pyrrole nitrogens is 1. The molecule has 6 rings (SSSR count). The molecule has 168 valence electrons. The summed E-state index contributed by atoms with van der Waals surface area (Å²) < 4.78 is 1.63. The molecule has 11 heteroatoms. The fraction of sp³-hybridized carbons (Fsp3) is 0.364. The Morgan fingerprint density at radius 3 is 2.67 bits per heavy atom. The summed E-state index contributed by atoms with van der Waals surface area (Å²) in [6.07, 6.45) is 8.41. The predicted octanol–water partition coefficient (Wildman–Crippen LogP) is 1.53. The van der Waals surface area contributed by atoms with E-state index in [2.05, 4.69) is 25.3 Å². The molecular formula is C22H23N9O2. The maximum Gasteiger partial charge on any atom is 0.291 e. The Morgan fingerprint density at radius 1 is 1.18 bits per heavy atom. The number of nitrogens with one attached hydrogen (secondary N) is 1. The summed E-state index contributed by atoms with van der Waals surface area (Å²) in [6.45, 7) is -0.107. The molecule has 0 spiro atoms. The van der Waals surface area contributed by atoms with E-state index in [9.17, 15) is 9.90 Å². The highest BCUT2D eigenvalue weighted by molar-refractivity contribution is 5.91. The van der Waals surface area contributed by atoms with E-state index in [1.54, 1.807) is 23.0 Å². The Bertz CT molecular complexity index is 1300. The highest BCUT2D eigenvalue weighted by atomic mass is 16.3. The molecule has 2 fully saturated rings. The van der Waals surface area contributed by atoms with Gasteiger partial charge >= 0.3 is 0 Å². The number of fused-ring (bicyclic) bond motifs is 3.